The molecule has 0 saturated carbocycles. The fourth-order valence-electron chi connectivity index (χ4n) is 2.65. The standard InChI is InChI=1S/C20H19N5O2S/c1-12-6-5-9-22-18(12)24-19-14(11-21)17(23-20(25-19)28-4)13-7-8-15(26-2)16(10-13)27-3/h5-10H,1-4H3,(H,22,23,24,25). The molecule has 0 radical (unpaired) electrons. The number of pyridine rings is 1. The lowest BCUT2D eigenvalue weighted by molar-refractivity contribution is 0.355. The van der Waals surface area contributed by atoms with Gasteiger partial charge in [0.05, 0.1) is 19.9 Å². The lowest BCUT2D eigenvalue weighted by Crippen LogP contribution is -2.05. The molecule has 2 heterocycles. The summed E-state index contributed by atoms with van der Waals surface area (Å²) >= 11 is 1.40. The van der Waals surface area contributed by atoms with E-state index in [0.29, 0.717) is 39.5 Å². The van der Waals surface area contributed by atoms with Gasteiger partial charge in [-0.1, -0.05) is 17.8 Å². The summed E-state index contributed by atoms with van der Waals surface area (Å²) < 4.78 is 10.7. The molecule has 0 aliphatic carbocycles. The van der Waals surface area contributed by atoms with Gasteiger partial charge in [-0.05, 0) is 43.0 Å². The van der Waals surface area contributed by atoms with Gasteiger partial charge < -0.3 is 14.8 Å². The summed E-state index contributed by atoms with van der Waals surface area (Å²) in [4.78, 5) is 13.4. The maximum atomic E-state index is 9.85. The largest absolute Gasteiger partial charge is 0.493 e. The Kier molecular flexibility index (Phi) is 5.96. The van der Waals surface area contributed by atoms with Crippen LogP contribution in [0.5, 0.6) is 11.5 Å². The van der Waals surface area contributed by atoms with Gasteiger partial charge in [0, 0.05) is 11.8 Å². The molecule has 0 saturated heterocycles. The van der Waals surface area contributed by atoms with Crippen LogP contribution in [-0.2, 0) is 0 Å². The van der Waals surface area contributed by atoms with Crippen LogP contribution in [0.4, 0.5) is 11.6 Å². The van der Waals surface area contributed by atoms with Gasteiger partial charge >= 0.3 is 0 Å². The second-order valence-electron chi connectivity index (χ2n) is 5.76. The van der Waals surface area contributed by atoms with Crippen molar-refractivity contribution in [3.05, 3.63) is 47.7 Å². The van der Waals surface area contributed by atoms with Crippen molar-refractivity contribution in [1.82, 2.24) is 15.0 Å². The number of benzene rings is 1. The summed E-state index contributed by atoms with van der Waals surface area (Å²) in [5.74, 6) is 2.21. The molecule has 0 spiro atoms. The number of nitrogens with zero attached hydrogens (tertiary/aromatic N) is 4. The molecule has 0 aliphatic rings. The van der Waals surface area contributed by atoms with Crippen LogP contribution in [0.2, 0.25) is 0 Å². The predicted molar refractivity (Wildman–Crippen MR) is 109 cm³/mol. The van der Waals surface area contributed by atoms with Gasteiger partial charge in [-0.2, -0.15) is 5.26 Å². The smallest absolute Gasteiger partial charge is 0.189 e. The van der Waals surface area contributed by atoms with E-state index in [-0.39, 0.29) is 0 Å². The summed E-state index contributed by atoms with van der Waals surface area (Å²) in [6, 6.07) is 11.4. The Morgan fingerprint density at radius 3 is 2.50 bits per heavy atom. The third-order valence-corrected chi connectivity index (χ3v) is 4.63. The van der Waals surface area contributed by atoms with Gasteiger partial charge in [-0.3, -0.25) is 0 Å². The van der Waals surface area contributed by atoms with Gasteiger partial charge in [0.1, 0.15) is 17.5 Å². The third-order valence-electron chi connectivity index (χ3n) is 4.09. The Morgan fingerprint density at radius 1 is 1.07 bits per heavy atom. The molecule has 1 aromatic carbocycles. The van der Waals surface area contributed by atoms with E-state index in [4.69, 9.17) is 9.47 Å². The first kappa shape index (κ1) is 19.5. The number of ether oxygens (including phenoxy) is 2. The van der Waals surface area contributed by atoms with E-state index < -0.39 is 0 Å². The van der Waals surface area contributed by atoms with Crippen molar-refractivity contribution in [2.75, 3.05) is 25.8 Å². The second kappa shape index (κ2) is 8.59. The van der Waals surface area contributed by atoms with Crippen molar-refractivity contribution in [2.24, 2.45) is 0 Å². The fraction of sp³-hybridized carbons (Fsp3) is 0.200. The predicted octanol–water partition coefficient (Wildman–Crippen LogP) is 4.20. The first-order valence-electron chi connectivity index (χ1n) is 8.38. The molecule has 3 aromatic rings. The molecule has 0 aliphatic heterocycles. The molecule has 2 aromatic heterocycles. The van der Waals surface area contributed by atoms with Crippen LogP contribution in [0.3, 0.4) is 0 Å². The Bertz CT molecular complexity index is 1050. The number of anilines is 2. The number of nitriles is 1. The Labute approximate surface area is 167 Å². The molecule has 0 fully saturated rings. The van der Waals surface area contributed by atoms with Gasteiger partial charge in [0.2, 0.25) is 0 Å². The molecule has 0 unspecified atom stereocenters. The van der Waals surface area contributed by atoms with Crippen LogP contribution in [0, 0.1) is 18.3 Å². The van der Waals surface area contributed by atoms with Crippen molar-refractivity contribution in [2.45, 2.75) is 12.1 Å². The number of aromatic nitrogens is 3. The summed E-state index contributed by atoms with van der Waals surface area (Å²) in [5, 5.41) is 13.6. The number of hydrogen-bond donors (Lipinski definition) is 1. The minimum atomic E-state index is 0.329. The average Bonchev–Trinajstić information content (AvgIpc) is 2.74. The minimum Gasteiger partial charge on any atom is -0.493 e. The first-order valence-corrected chi connectivity index (χ1v) is 9.61. The molecule has 0 amide bonds. The SMILES string of the molecule is COc1ccc(-c2nc(SC)nc(Nc3ncccc3C)c2C#N)cc1OC. The van der Waals surface area contributed by atoms with E-state index in [9.17, 15) is 5.26 Å². The summed E-state index contributed by atoms with van der Waals surface area (Å²) in [5.41, 5.74) is 2.52. The number of methoxy groups -OCH3 is 2. The monoisotopic (exact) mass is 393 g/mol. The quantitative estimate of drug-likeness (QED) is 0.492. The highest BCUT2D eigenvalue weighted by Gasteiger charge is 2.18. The number of thioether (sulfide) groups is 1. The third kappa shape index (κ3) is 3.85. The van der Waals surface area contributed by atoms with E-state index >= 15 is 0 Å². The zero-order valence-corrected chi connectivity index (χ0v) is 16.8. The highest BCUT2D eigenvalue weighted by molar-refractivity contribution is 7.98. The molecule has 0 bridgehead atoms. The van der Waals surface area contributed by atoms with Crippen LogP contribution in [0.25, 0.3) is 11.3 Å². The van der Waals surface area contributed by atoms with Crippen LogP contribution in [0.15, 0.2) is 41.7 Å². The van der Waals surface area contributed by atoms with Crippen molar-refractivity contribution in [1.29, 1.82) is 5.26 Å². The Hall–Kier alpha value is -3.31. The topological polar surface area (TPSA) is 93.0 Å². The van der Waals surface area contributed by atoms with Crippen molar-refractivity contribution in [3.63, 3.8) is 0 Å². The number of rotatable bonds is 6. The Balaban J connectivity index is 2.17. The molecule has 142 valence electrons. The van der Waals surface area contributed by atoms with Crippen LogP contribution in [0.1, 0.15) is 11.1 Å². The molecule has 8 heteroatoms. The van der Waals surface area contributed by atoms with Crippen molar-refractivity contribution < 1.29 is 9.47 Å². The van der Waals surface area contributed by atoms with Crippen molar-refractivity contribution >= 4 is 23.4 Å². The molecule has 7 nitrogen and oxygen atoms in total. The molecular weight excluding hydrogens is 374 g/mol. The number of aryl methyl sites for hydroxylation is 1. The van der Waals surface area contributed by atoms with Crippen LogP contribution in [-0.4, -0.2) is 35.4 Å². The maximum Gasteiger partial charge on any atom is 0.189 e. The summed E-state index contributed by atoms with van der Waals surface area (Å²) in [6.45, 7) is 1.94. The van der Waals surface area contributed by atoms with E-state index in [2.05, 4.69) is 26.3 Å². The lowest BCUT2D eigenvalue weighted by atomic mass is 10.1. The van der Waals surface area contributed by atoms with Crippen LogP contribution >= 0.6 is 11.8 Å². The van der Waals surface area contributed by atoms with Crippen molar-refractivity contribution in [3.8, 4) is 28.8 Å². The normalized spacial score (nSPS) is 10.2. The van der Waals surface area contributed by atoms with Gasteiger partial charge in [-0.25, -0.2) is 15.0 Å². The second-order valence-corrected chi connectivity index (χ2v) is 6.53. The highest BCUT2D eigenvalue weighted by atomic mass is 32.2. The van der Waals surface area contributed by atoms with E-state index in [1.165, 1.54) is 11.8 Å². The minimum absolute atomic E-state index is 0.329. The lowest BCUT2D eigenvalue weighted by Gasteiger charge is -2.14. The molecular formula is C20H19N5O2S. The number of hydrogen-bond acceptors (Lipinski definition) is 8. The fourth-order valence-corrected chi connectivity index (χ4v) is 3.01. The molecule has 3 rings (SSSR count). The van der Waals surface area contributed by atoms with E-state index in [1.807, 2.05) is 31.4 Å². The highest BCUT2D eigenvalue weighted by Crippen LogP contribution is 2.35. The molecule has 0 atom stereocenters. The summed E-state index contributed by atoms with van der Waals surface area (Å²) in [6.07, 6.45) is 3.57. The summed E-state index contributed by atoms with van der Waals surface area (Å²) in [7, 11) is 3.14. The van der Waals surface area contributed by atoms with E-state index in [0.717, 1.165) is 11.1 Å². The van der Waals surface area contributed by atoms with Gasteiger partial charge in [-0.15, -0.1) is 0 Å². The zero-order chi connectivity index (χ0) is 20.1. The average molecular weight is 393 g/mol. The first-order chi connectivity index (χ1) is 13.6. The Morgan fingerprint density at radius 2 is 1.86 bits per heavy atom. The van der Waals surface area contributed by atoms with E-state index in [1.54, 1.807) is 32.5 Å². The van der Waals surface area contributed by atoms with Gasteiger partial charge in [0.15, 0.2) is 22.5 Å². The van der Waals surface area contributed by atoms with Crippen LogP contribution < -0.4 is 14.8 Å². The molecule has 28 heavy (non-hydrogen) atoms. The number of nitrogens with one attached hydrogen (secondary N) is 1. The maximum absolute atomic E-state index is 9.85. The zero-order valence-electron chi connectivity index (χ0n) is 16.0. The molecule has 1 N–H and O–H groups in total. The van der Waals surface area contributed by atoms with Gasteiger partial charge in [0.25, 0.3) is 0 Å².